The molecule has 25 heavy (non-hydrogen) atoms. The van der Waals surface area contributed by atoms with Crippen molar-refractivity contribution in [2.24, 2.45) is 11.7 Å². The second-order valence-corrected chi connectivity index (χ2v) is 6.26. The van der Waals surface area contributed by atoms with Gasteiger partial charge in [-0.05, 0) is 37.4 Å². The number of hydrogen-bond donors (Lipinski definition) is 2. The summed E-state index contributed by atoms with van der Waals surface area (Å²) in [6.45, 7) is 0.612. The number of benzene rings is 2. The van der Waals surface area contributed by atoms with E-state index in [1.807, 2.05) is 60.7 Å². The SMILES string of the molecule is Cl.NCC1CCCC1NC(=O)C(Oc1ccccc1)c1ccccc1. The molecule has 1 aliphatic rings. The number of rotatable bonds is 6. The molecule has 1 saturated carbocycles. The highest BCUT2D eigenvalue weighted by Crippen LogP contribution is 2.27. The van der Waals surface area contributed by atoms with E-state index in [2.05, 4.69) is 5.32 Å². The van der Waals surface area contributed by atoms with Gasteiger partial charge >= 0.3 is 0 Å². The van der Waals surface area contributed by atoms with Crippen LogP contribution in [0.25, 0.3) is 0 Å². The van der Waals surface area contributed by atoms with E-state index in [0.29, 0.717) is 18.2 Å². The largest absolute Gasteiger partial charge is 0.476 e. The maximum absolute atomic E-state index is 12.9. The lowest BCUT2D eigenvalue weighted by atomic mass is 10.0. The maximum atomic E-state index is 12.9. The molecule has 0 saturated heterocycles. The van der Waals surface area contributed by atoms with Crippen molar-refractivity contribution in [1.82, 2.24) is 5.32 Å². The fourth-order valence-electron chi connectivity index (χ4n) is 3.30. The number of ether oxygens (including phenoxy) is 1. The summed E-state index contributed by atoms with van der Waals surface area (Å²) in [7, 11) is 0. The van der Waals surface area contributed by atoms with E-state index in [1.54, 1.807) is 0 Å². The monoisotopic (exact) mass is 360 g/mol. The van der Waals surface area contributed by atoms with Crippen molar-refractivity contribution < 1.29 is 9.53 Å². The minimum atomic E-state index is -0.660. The van der Waals surface area contributed by atoms with Crippen LogP contribution in [0.1, 0.15) is 30.9 Å². The average Bonchev–Trinajstić information content (AvgIpc) is 3.08. The Morgan fingerprint density at radius 1 is 1.08 bits per heavy atom. The third-order valence-corrected chi connectivity index (χ3v) is 4.63. The summed E-state index contributed by atoms with van der Waals surface area (Å²) in [5, 5.41) is 3.15. The molecule has 3 N–H and O–H groups in total. The number of carbonyl (C=O) groups excluding carboxylic acids is 1. The Labute approximate surface area is 155 Å². The number of hydrogen-bond acceptors (Lipinski definition) is 3. The van der Waals surface area contributed by atoms with Gasteiger partial charge in [0.1, 0.15) is 5.75 Å². The van der Waals surface area contributed by atoms with Crippen LogP contribution in [0.5, 0.6) is 5.75 Å². The van der Waals surface area contributed by atoms with Gasteiger partial charge in [-0.3, -0.25) is 4.79 Å². The van der Waals surface area contributed by atoms with Crippen molar-refractivity contribution in [2.75, 3.05) is 6.54 Å². The third kappa shape index (κ3) is 4.97. The van der Waals surface area contributed by atoms with Crippen LogP contribution in [-0.4, -0.2) is 18.5 Å². The number of nitrogens with one attached hydrogen (secondary N) is 1. The number of carbonyl (C=O) groups is 1. The first-order valence-corrected chi connectivity index (χ1v) is 8.55. The molecule has 0 aromatic heterocycles. The van der Waals surface area contributed by atoms with Gasteiger partial charge in [-0.2, -0.15) is 0 Å². The predicted molar refractivity (Wildman–Crippen MR) is 102 cm³/mol. The van der Waals surface area contributed by atoms with Crippen molar-refractivity contribution in [2.45, 2.75) is 31.4 Å². The van der Waals surface area contributed by atoms with Gasteiger partial charge < -0.3 is 15.8 Å². The Morgan fingerprint density at radius 2 is 1.72 bits per heavy atom. The van der Waals surface area contributed by atoms with Crippen molar-refractivity contribution in [1.29, 1.82) is 0 Å². The molecule has 134 valence electrons. The molecule has 1 fully saturated rings. The van der Waals surface area contributed by atoms with Gasteiger partial charge in [0, 0.05) is 11.6 Å². The van der Waals surface area contributed by atoms with E-state index in [-0.39, 0.29) is 24.4 Å². The summed E-state index contributed by atoms with van der Waals surface area (Å²) in [5.41, 5.74) is 6.68. The molecule has 1 aliphatic carbocycles. The standard InChI is InChI=1S/C20H24N2O2.ClH/c21-14-16-10-7-13-18(16)22-20(23)19(15-8-3-1-4-9-15)24-17-11-5-2-6-12-17;/h1-6,8-9,11-12,16,18-19H,7,10,13-14,21H2,(H,22,23);1H. The fourth-order valence-corrected chi connectivity index (χ4v) is 3.30. The van der Waals surface area contributed by atoms with Gasteiger partial charge in [0.15, 0.2) is 0 Å². The maximum Gasteiger partial charge on any atom is 0.266 e. The number of para-hydroxylation sites is 1. The molecule has 3 unspecified atom stereocenters. The summed E-state index contributed by atoms with van der Waals surface area (Å²) in [6, 6.07) is 19.2. The van der Waals surface area contributed by atoms with Crippen LogP contribution < -0.4 is 15.8 Å². The summed E-state index contributed by atoms with van der Waals surface area (Å²) in [5.74, 6) is 0.945. The van der Waals surface area contributed by atoms with Gasteiger partial charge in [0.05, 0.1) is 0 Å². The van der Waals surface area contributed by atoms with Gasteiger partial charge in [-0.25, -0.2) is 0 Å². The molecule has 3 rings (SSSR count). The summed E-state index contributed by atoms with van der Waals surface area (Å²) in [6.07, 6.45) is 2.52. The van der Waals surface area contributed by atoms with Crippen LogP contribution in [0.4, 0.5) is 0 Å². The Morgan fingerprint density at radius 3 is 2.36 bits per heavy atom. The van der Waals surface area contributed by atoms with Gasteiger partial charge in [0.2, 0.25) is 6.10 Å². The smallest absolute Gasteiger partial charge is 0.266 e. The van der Waals surface area contributed by atoms with E-state index >= 15 is 0 Å². The molecular formula is C20H25ClN2O2. The summed E-state index contributed by atoms with van der Waals surface area (Å²) >= 11 is 0. The van der Waals surface area contributed by atoms with E-state index in [0.717, 1.165) is 24.8 Å². The quantitative estimate of drug-likeness (QED) is 0.829. The highest BCUT2D eigenvalue weighted by molar-refractivity contribution is 5.85. The van der Waals surface area contributed by atoms with E-state index in [1.165, 1.54) is 0 Å². The Bertz CT molecular complexity index is 651. The molecule has 0 spiro atoms. The zero-order valence-corrected chi connectivity index (χ0v) is 15.0. The van der Waals surface area contributed by atoms with E-state index < -0.39 is 6.10 Å². The van der Waals surface area contributed by atoms with Crippen LogP contribution in [0, 0.1) is 5.92 Å². The highest BCUT2D eigenvalue weighted by Gasteiger charge is 2.31. The Kier molecular flexibility index (Phi) is 7.29. The average molecular weight is 361 g/mol. The van der Waals surface area contributed by atoms with Crippen LogP contribution in [-0.2, 0) is 4.79 Å². The molecule has 0 radical (unpaired) electrons. The van der Waals surface area contributed by atoms with Crippen molar-refractivity contribution >= 4 is 18.3 Å². The molecule has 4 nitrogen and oxygen atoms in total. The van der Waals surface area contributed by atoms with E-state index in [9.17, 15) is 4.79 Å². The molecule has 2 aromatic carbocycles. The molecule has 0 aliphatic heterocycles. The lowest BCUT2D eigenvalue weighted by Gasteiger charge is -2.24. The summed E-state index contributed by atoms with van der Waals surface area (Å²) < 4.78 is 6.00. The lowest BCUT2D eigenvalue weighted by molar-refractivity contribution is -0.129. The molecule has 0 heterocycles. The van der Waals surface area contributed by atoms with Gasteiger partial charge in [0.25, 0.3) is 5.91 Å². The lowest BCUT2D eigenvalue weighted by Crippen LogP contribution is -2.43. The second-order valence-electron chi connectivity index (χ2n) is 6.26. The Balaban J connectivity index is 0.00000225. The van der Waals surface area contributed by atoms with Crippen molar-refractivity contribution in [3.63, 3.8) is 0 Å². The zero-order chi connectivity index (χ0) is 16.8. The third-order valence-electron chi connectivity index (χ3n) is 4.63. The topological polar surface area (TPSA) is 64.3 Å². The van der Waals surface area contributed by atoms with Gasteiger partial charge in [-0.15, -0.1) is 12.4 Å². The van der Waals surface area contributed by atoms with E-state index in [4.69, 9.17) is 10.5 Å². The minimum absolute atomic E-state index is 0. The molecule has 5 heteroatoms. The first-order chi connectivity index (χ1) is 11.8. The van der Waals surface area contributed by atoms with Gasteiger partial charge in [-0.1, -0.05) is 55.0 Å². The Hall–Kier alpha value is -2.04. The normalized spacial score (nSPS) is 20.4. The van der Waals surface area contributed by atoms with Crippen molar-refractivity contribution in [3.8, 4) is 5.75 Å². The minimum Gasteiger partial charge on any atom is -0.476 e. The number of nitrogens with two attached hydrogens (primary N) is 1. The first-order valence-electron chi connectivity index (χ1n) is 8.55. The van der Waals surface area contributed by atoms with Crippen LogP contribution in [0.3, 0.4) is 0 Å². The summed E-state index contributed by atoms with van der Waals surface area (Å²) in [4.78, 5) is 12.9. The number of amides is 1. The fraction of sp³-hybridized carbons (Fsp3) is 0.350. The van der Waals surface area contributed by atoms with Crippen molar-refractivity contribution in [3.05, 3.63) is 66.2 Å². The predicted octanol–water partition coefficient (Wildman–Crippen LogP) is 3.47. The molecule has 2 aromatic rings. The van der Waals surface area contributed by atoms with Crippen LogP contribution >= 0.6 is 12.4 Å². The molecule has 3 atom stereocenters. The molecule has 1 amide bonds. The highest BCUT2D eigenvalue weighted by atomic mass is 35.5. The first kappa shape index (κ1) is 19.3. The van der Waals surface area contributed by atoms with Crippen LogP contribution in [0.15, 0.2) is 60.7 Å². The number of halogens is 1. The molecular weight excluding hydrogens is 336 g/mol. The van der Waals surface area contributed by atoms with Crippen LogP contribution in [0.2, 0.25) is 0 Å². The zero-order valence-electron chi connectivity index (χ0n) is 14.1. The molecule has 0 bridgehead atoms. The second kappa shape index (κ2) is 9.44.